The minimum Gasteiger partial charge on any atom is -0.491 e. The van der Waals surface area contributed by atoms with Gasteiger partial charge in [-0.1, -0.05) is 68.0 Å². The molecule has 103 heavy (non-hydrogen) atoms. The van der Waals surface area contributed by atoms with Crippen molar-refractivity contribution in [2.24, 2.45) is 16.2 Å². The van der Waals surface area contributed by atoms with Gasteiger partial charge in [0.1, 0.15) is 43.0 Å². The largest absolute Gasteiger partial charge is 0.491 e. The van der Waals surface area contributed by atoms with Crippen molar-refractivity contribution in [1.82, 2.24) is 34.9 Å². The summed E-state index contributed by atoms with van der Waals surface area (Å²) in [6, 6.07) is 26.5. The third kappa shape index (κ3) is 16.7. The van der Waals surface area contributed by atoms with Crippen LogP contribution in [0.5, 0.6) is 11.5 Å². The van der Waals surface area contributed by atoms with Crippen molar-refractivity contribution in [3.05, 3.63) is 132 Å². The molecule has 6 aliphatic rings. The Hall–Kier alpha value is -9.75. The lowest BCUT2D eigenvalue weighted by molar-refractivity contribution is -0.271. The first kappa shape index (κ1) is 73.0. The van der Waals surface area contributed by atoms with E-state index in [1.165, 1.54) is 46.6 Å². The molecular weight excluding hydrogens is 1350 g/mol. The van der Waals surface area contributed by atoms with E-state index in [1.54, 1.807) is 30.5 Å². The van der Waals surface area contributed by atoms with Crippen LogP contribution < -0.4 is 20.1 Å². The number of pyridine rings is 1. The number of imide groups is 1. The topological polar surface area (TPSA) is 387 Å². The molecule has 1 saturated heterocycles. The van der Waals surface area contributed by atoms with Crippen molar-refractivity contribution >= 4 is 85.1 Å². The minimum atomic E-state index is -2.02. The average molecular weight is 1440 g/mol. The van der Waals surface area contributed by atoms with Crippen molar-refractivity contribution in [2.45, 2.75) is 141 Å². The molecule has 4 aromatic carbocycles. The highest BCUT2D eigenvalue weighted by atomic mass is 32.1. The van der Waals surface area contributed by atoms with E-state index in [-0.39, 0.29) is 122 Å². The van der Waals surface area contributed by atoms with E-state index in [2.05, 4.69) is 29.5 Å². The first-order valence-corrected chi connectivity index (χ1v) is 35.1. The molecule has 5 amide bonds. The van der Waals surface area contributed by atoms with Gasteiger partial charge in [0.2, 0.25) is 12.2 Å². The molecule has 7 atom stereocenters. The Balaban J connectivity index is 0.681. The summed E-state index contributed by atoms with van der Waals surface area (Å²) < 4.78 is 38.6. The number of fused-ring (bicyclic) bond motifs is 2. The number of thiazole rings is 1. The molecule has 4 bridgehead atoms. The summed E-state index contributed by atoms with van der Waals surface area (Å²) in [7, 11) is 0. The number of hydrogen-bond donors (Lipinski definition) is 8. The molecule has 4 saturated carbocycles. The van der Waals surface area contributed by atoms with E-state index < -0.39 is 73.3 Å². The summed E-state index contributed by atoms with van der Waals surface area (Å²) in [5.41, 5.74) is 2.72. The number of ether oxygens (including phenoxy) is 6. The van der Waals surface area contributed by atoms with Gasteiger partial charge < -0.3 is 69.3 Å². The molecule has 8 N–H and O–H groups in total. The summed E-state index contributed by atoms with van der Waals surface area (Å²) in [6.45, 7) is 6.89. The van der Waals surface area contributed by atoms with Crippen LogP contribution >= 0.6 is 11.3 Å². The van der Waals surface area contributed by atoms with Crippen LogP contribution in [0.25, 0.3) is 43.4 Å². The Morgan fingerprint density at radius 3 is 2.28 bits per heavy atom. The van der Waals surface area contributed by atoms with Crippen LogP contribution in [0, 0.1) is 23.2 Å². The lowest BCUT2D eigenvalue weighted by Crippen LogP contribution is -2.64. The number of nitrogens with one attached hydrogen (secondary N) is 2. The van der Waals surface area contributed by atoms with E-state index in [1.807, 2.05) is 60.1 Å². The zero-order valence-electron chi connectivity index (χ0n) is 57.1. The van der Waals surface area contributed by atoms with Crippen LogP contribution in [0.4, 0.5) is 9.93 Å². The zero-order valence-corrected chi connectivity index (χ0v) is 57.9. The zero-order chi connectivity index (χ0) is 73.0. The fourth-order valence-electron chi connectivity index (χ4n) is 16.4. The molecule has 4 aliphatic carbocycles. The second-order valence-electron chi connectivity index (χ2n) is 28.2. The monoisotopic (exact) mass is 1430 g/mol. The van der Waals surface area contributed by atoms with Crippen molar-refractivity contribution in [3.63, 3.8) is 0 Å². The number of aromatic nitrogens is 4. The van der Waals surface area contributed by atoms with Crippen LogP contribution in [-0.4, -0.2) is 197 Å². The third-order valence-electron chi connectivity index (χ3n) is 19.9. The molecule has 0 spiro atoms. The van der Waals surface area contributed by atoms with Gasteiger partial charge in [-0.15, -0.1) is 0 Å². The third-order valence-corrected chi connectivity index (χ3v) is 20.8. The number of amides is 5. The maximum atomic E-state index is 14.2. The average Bonchev–Trinajstić information content (AvgIpc) is 0.990. The van der Waals surface area contributed by atoms with Crippen molar-refractivity contribution in [1.29, 1.82) is 0 Å². The molecule has 13 rings (SSSR count). The molecule has 7 aromatic rings. The second kappa shape index (κ2) is 30.7. The SMILES string of the molecule is Cc1c(-c2ccc(-c3ccc4cccc(C(=O)Nc5nc6ccccc6s5)c4c3)nc2C(=O)O)cnn1CC12CC3(C)CC(C)(C1)CC(OCCN(CCC(=O)O)C(=O)OCc1ccc(OCCOCCNC(=O)CCCCCN4C(=O)C=CC4=O)cc1O[C@H]1O[C@@H](C(=O)O)[C@H](O)[C@@H](O)[C@@H]1O)(C3)C2. The number of carbonyl (C=O) groups is 8. The number of carbonyl (C=O) groups excluding carboxylic acids is 5. The molecule has 2 unspecified atom stereocenters. The molecule has 29 heteroatoms. The lowest BCUT2D eigenvalue weighted by Gasteiger charge is -2.69. The minimum absolute atomic E-state index is 0.0119. The van der Waals surface area contributed by atoms with Gasteiger partial charge >= 0.3 is 24.0 Å². The molecule has 0 radical (unpaired) electrons. The number of rotatable bonds is 32. The van der Waals surface area contributed by atoms with Crippen LogP contribution in [0.3, 0.4) is 0 Å². The Morgan fingerprint density at radius 1 is 0.757 bits per heavy atom. The van der Waals surface area contributed by atoms with Crippen molar-refractivity contribution in [2.75, 3.05) is 57.9 Å². The highest BCUT2D eigenvalue weighted by Gasteiger charge is 2.66. The maximum absolute atomic E-state index is 14.2. The van der Waals surface area contributed by atoms with Gasteiger partial charge in [-0.3, -0.25) is 38.9 Å². The normalized spacial score (nSPS) is 24.0. The van der Waals surface area contributed by atoms with Gasteiger partial charge in [-0.2, -0.15) is 5.10 Å². The molecule has 5 fully saturated rings. The molecule has 28 nitrogen and oxygen atoms in total. The van der Waals surface area contributed by atoms with Crippen LogP contribution in [0.15, 0.2) is 109 Å². The Bertz CT molecular complexity index is 4370. The fourth-order valence-corrected chi connectivity index (χ4v) is 17.2. The Labute approximate surface area is 595 Å². The smallest absolute Gasteiger partial charge is 0.410 e. The summed E-state index contributed by atoms with van der Waals surface area (Å²) in [5, 5.41) is 74.8. The first-order valence-electron chi connectivity index (χ1n) is 34.3. The number of aliphatic carboxylic acids is 2. The fraction of sp³-hybridized carbons (Fsp3) is 0.446. The number of nitrogens with zero attached hydrogens (tertiary/aromatic N) is 6. The number of carboxylic acids is 3. The van der Waals surface area contributed by atoms with Crippen molar-refractivity contribution < 1.29 is 97.4 Å². The number of unbranched alkanes of at least 4 members (excludes halogenated alkanes) is 2. The Morgan fingerprint density at radius 2 is 1.53 bits per heavy atom. The highest BCUT2D eigenvalue weighted by molar-refractivity contribution is 7.22. The van der Waals surface area contributed by atoms with Gasteiger partial charge in [0, 0.05) is 90.9 Å². The summed E-state index contributed by atoms with van der Waals surface area (Å²) >= 11 is 1.38. The molecule has 5 heterocycles. The standard InChI is InChI=1S/C74H82N8O20S/c1-43-51(48-19-20-52(77-60(48)66(92)93)45-16-15-44-10-9-11-49(50(44)32-45)65(91)79-69-78-53-12-6-7-13-55(53)103-69)34-76-82(43)42-73-37-71(2)36-72(3,38-73)40-74(39-71,41-73)100-29-27-80(26-23-59(86)87)70(96)99-35-46-17-18-47(33-54(46)101-68-63(90)61(88)62(89)64(102-68)67(94)95)98-31-30-97-28-24-75-56(83)14-5-4-8-25-81-57(84)21-22-58(81)85/h6-7,9-13,15-22,32-34,61-64,68,88-90H,4-5,8,14,23-31,35-42H2,1-3H3,(H,75,83)(H,86,87)(H,92,93)(H,94,95)(H,78,79,91)/t61-,62-,63+,64-,68+,71?,72?,73?,74?/m1/s1. The molecule has 544 valence electrons. The van der Waals surface area contributed by atoms with Crippen molar-refractivity contribution in [3.8, 4) is 33.9 Å². The number of para-hydroxylation sites is 1. The maximum Gasteiger partial charge on any atom is 0.410 e. The number of aliphatic hydroxyl groups excluding tert-OH is 3. The number of anilines is 1. The number of aromatic carboxylic acids is 1. The van der Waals surface area contributed by atoms with Gasteiger partial charge in [-0.25, -0.2) is 24.4 Å². The summed E-state index contributed by atoms with van der Waals surface area (Å²) in [6.07, 6.45) is -0.147. The number of aliphatic hydroxyl groups is 3. The quantitative estimate of drug-likeness (QED) is 0.0146. The van der Waals surface area contributed by atoms with E-state index in [0.717, 1.165) is 58.3 Å². The Kier molecular flexibility index (Phi) is 21.7. The lowest BCUT2D eigenvalue weighted by atomic mass is 9.39. The van der Waals surface area contributed by atoms with E-state index in [0.29, 0.717) is 70.7 Å². The van der Waals surface area contributed by atoms with Gasteiger partial charge in [-0.05, 0) is 134 Å². The predicted molar refractivity (Wildman–Crippen MR) is 372 cm³/mol. The number of carboxylic acid groups (broad SMARTS) is 3. The number of benzene rings is 4. The van der Waals surface area contributed by atoms with E-state index >= 15 is 0 Å². The van der Waals surface area contributed by atoms with Gasteiger partial charge in [0.25, 0.3) is 17.7 Å². The predicted octanol–water partition coefficient (Wildman–Crippen LogP) is 8.15. The summed E-state index contributed by atoms with van der Waals surface area (Å²) in [5.74, 6) is -5.23. The van der Waals surface area contributed by atoms with Gasteiger partial charge in [0.05, 0.1) is 53.9 Å². The van der Waals surface area contributed by atoms with Crippen LogP contribution in [0.1, 0.15) is 117 Å². The first-order chi connectivity index (χ1) is 49.3. The second-order valence-corrected chi connectivity index (χ2v) is 29.2. The molecular formula is C74H82N8O20S. The number of hydrogen-bond acceptors (Lipinski definition) is 21. The van der Waals surface area contributed by atoms with Crippen LogP contribution in [-0.2, 0) is 56.1 Å². The van der Waals surface area contributed by atoms with E-state index in [9.17, 15) is 69.0 Å². The highest BCUT2D eigenvalue weighted by Crippen LogP contribution is 2.72. The molecule has 3 aromatic heterocycles. The summed E-state index contributed by atoms with van der Waals surface area (Å²) in [4.78, 5) is 113. The van der Waals surface area contributed by atoms with E-state index in [4.69, 9.17) is 38.5 Å². The van der Waals surface area contributed by atoms with Gasteiger partial charge in [0.15, 0.2) is 16.9 Å². The van der Waals surface area contributed by atoms with Crippen LogP contribution in [0.2, 0.25) is 0 Å². The molecule has 2 aliphatic heterocycles.